The van der Waals surface area contributed by atoms with E-state index in [9.17, 15) is 4.79 Å². The van der Waals surface area contributed by atoms with Gasteiger partial charge in [0.15, 0.2) is 5.69 Å². The Morgan fingerprint density at radius 3 is 2.38 bits per heavy atom. The Labute approximate surface area is 168 Å². The molecule has 2 aromatic heterocycles. The van der Waals surface area contributed by atoms with Crippen LogP contribution in [0.15, 0.2) is 53.3 Å². The van der Waals surface area contributed by atoms with Gasteiger partial charge in [0.05, 0.1) is 18.1 Å². The highest BCUT2D eigenvalue weighted by Crippen LogP contribution is 2.40. The number of rotatable bonds is 5. The highest BCUT2D eigenvalue weighted by atomic mass is 16.5. The maximum Gasteiger partial charge on any atom is 0.277 e. The van der Waals surface area contributed by atoms with Crippen molar-refractivity contribution in [1.82, 2.24) is 15.1 Å². The number of carbonyl (C=O) groups is 1. The Balaban J connectivity index is 1.17. The molecule has 2 aliphatic rings. The maximum atomic E-state index is 12.3. The van der Waals surface area contributed by atoms with Crippen molar-refractivity contribution in [3.63, 3.8) is 0 Å². The molecule has 1 aliphatic carbocycles. The number of nitrogens with one attached hydrogen (secondary N) is 1. The lowest BCUT2D eigenvalue weighted by Gasteiger charge is -2.36. The number of anilines is 3. The standard InChI is InChI=1S/C21H22N6O2/c28-20(18-12-19(29-25-18)15-6-7-15)24-16-13-22-21(23-14-16)27-10-8-26(9-11-27)17-4-2-1-3-5-17/h1-5,12-15H,6-11H2,(H,24,28). The first kappa shape index (κ1) is 17.7. The molecule has 0 radical (unpaired) electrons. The van der Waals surface area contributed by atoms with Crippen molar-refractivity contribution in [2.24, 2.45) is 0 Å². The normalized spacial score (nSPS) is 16.7. The molecule has 0 spiro atoms. The summed E-state index contributed by atoms with van der Waals surface area (Å²) in [6, 6.07) is 12.1. The predicted octanol–water partition coefficient (Wildman–Crippen LogP) is 2.92. The number of hydrogen-bond donors (Lipinski definition) is 1. The van der Waals surface area contributed by atoms with Crippen molar-refractivity contribution < 1.29 is 9.32 Å². The fraction of sp³-hybridized carbons (Fsp3) is 0.333. The van der Waals surface area contributed by atoms with Crippen LogP contribution in [0.2, 0.25) is 0 Å². The van der Waals surface area contributed by atoms with Gasteiger partial charge in [-0.1, -0.05) is 23.4 Å². The number of nitrogens with zero attached hydrogens (tertiary/aromatic N) is 5. The summed E-state index contributed by atoms with van der Waals surface area (Å²) >= 11 is 0. The average molecular weight is 390 g/mol. The second-order valence-electron chi connectivity index (χ2n) is 7.42. The van der Waals surface area contributed by atoms with Gasteiger partial charge in [0.25, 0.3) is 5.91 Å². The summed E-state index contributed by atoms with van der Waals surface area (Å²) in [6.07, 6.45) is 5.47. The summed E-state index contributed by atoms with van der Waals surface area (Å²) in [4.78, 5) is 25.7. The van der Waals surface area contributed by atoms with Gasteiger partial charge >= 0.3 is 0 Å². The largest absolute Gasteiger partial charge is 0.368 e. The van der Waals surface area contributed by atoms with Gasteiger partial charge in [-0.2, -0.15) is 0 Å². The van der Waals surface area contributed by atoms with Crippen molar-refractivity contribution in [3.05, 3.63) is 60.2 Å². The number of para-hydroxylation sites is 1. The van der Waals surface area contributed by atoms with Crippen LogP contribution in [0, 0.1) is 0 Å². The molecule has 29 heavy (non-hydrogen) atoms. The molecule has 1 aromatic carbocycles. The number of piperazine rings is 1. The fourth-order valence-corrected chi connectivity index (χ4v) is 3.50. The van der Waals surface area contributed by atoms with Gasteiger partial charge in [-0.15, -0.1) is 0 Å². The third kappa shape index (κ3) is 3.91. The summed E-state index contributed by atoms with van der Waals surface area (Å²) in [6.45, 7) is 3.54. The lowest BCUT2D eigenvalue weighted by molar-refractivity contribution is 0.101. The smallest absolute Gasteiger partial charge is 0.277 e. The molecule has 1 saturated carbocycles. The molecular formula is C21H22N6O2. The number of hydrogen-bond acceptors (Lipinski definition) is 7. The first-order valence-electron chi connectivity index (χ1n) is 9.91. The summed E-state index contributed by atoms with van der Waals surface area (Å²) in [5, 5.41) is 6.63. The van der Waals surface area contributed by atoms with Crippen LogP contribution >= 0.6 is 0 Å². The molecule has 2 fully saturated rings. The lowest BCUT2D eigenvalue weighted by Crippen LogP contribution is -2.47. The van der Waals surface area contributed by atoms with E-state index in [0.29, 0.717) is 17.6 Å². The van der Waals surface area contributed by atoms with Crippen LogP contribution in [0.4, 0.5) is 17.3 Å². The van der Waals surface area contributed by atoms with Crippen LogP contribution in [0.25, 0.3) is 0 Å². The van der Waals surface area contributed by atoms with E-state index in [4.69, 9.17) is 4.52 Å². The number of carbonyl (C=O) groups excluding carboxylic acids is 1. The number of amides is 1. The predicted molar refractivity (Wildman–Crippen MR) is 109 cm³/mol. The van der Waals surface area contributed by atoms with E-state index in [0.717, 1.165) is 44.8 Å². The zero-order chi connectivity index (χ0) is 19.6. The van der Waals surface area contributed by atoms with Crippen LogP contribution < -0.4 is 15.1 Å². The van der Waals surface area contributed by atoms with Crippen LogP contribution in [0.1, 0.15) is 35.0 Å². The van der Waals surface area contributed by atoms with Crippen molar-refractivity contribution >= 4 is 23.2 Å². The van der Waals surface area contributed by atoms with Gasteiger partial charge in [0, 0.05) is 43.9 Å². The Morgan fingerprint density at radius 2 is 1.69 bits per heavy atom. The van der Waals surface area contributed by atoms with E-state index >= 15 is 0 Å². The highest BCUT2D eigenvalue weighted by molar-refractivity contribution is 6.02. The minimum atomic E-state index is -0.312. The van der Waals surface area contributed by atoms with E-state index in [1.165, 1.54) is 5.69 Å². The van der Waals surface area contributed by atoms with Gasteiger partial charge in [-0.3, -0.25) is 4.79 Å². The van der Waals surface area contributed by atoms with Gasteiger partial charge in [0.1, 0.15) is 5.76 Å². The molecule has 3 heterocycles. The third-order valence-electron chi connectivity index (χ3n) is 5.32. The second kappa shape index (κ2) is 7.54. The molecule has 1 aliphatic heterocycles. The molecule has 0 atom stereocenters. The summed E-state index contributed by atoms with van der Waals surface area (Å²) < 4.78 is 5.23. The van der Waals surface area contributed by atoms with Crippen LogP contribution in [-0.4, -0.2) is 47.2 Å². The van der Waals surface area contributed by atoms with Gasteiger partial charge in [0.2, 0.25) is 5.95 Å². The third-order valence-corrected chi connectivity index (χ3v) is 5.32. The number of aromatic nitrogens is 3. The summed E-state index contributed by atoms with van der Waals surface area (Å²) in [5.74, 6) is 1.58. The monoisotopic (exact) mass is 390 g/mol. The Hall–Kier alpha value is -3.42. The molecule has 3 aromatic rings. The van der Waals surface area contributed by atoms with Crippen LogP contribution in [0.5, 0.6) is 0 Å². The first-order chi connectivity index (χ1) is 14.3. The molecule has 8 nitrogen and oxygen atoms in total. The van der Waals surface area contributed by atoms with E-state index in [-0.39, 0.29) is 11.6 Å². The van der Waals surface area contributed by atoms with Crippen molar-refractivity contribution in [2.45, 2.75) is 18.8 Å². The topological polar surface area (TPSA) is 87.4 Å². The molecule has 0 unspecified atom stereocenters. The molecule has 1 saturated heterocycles. The Morgan fingerprint density at radius 1 is 1.00 bits per heavy atom. The van der Waals surface area contributed by atoms with E-state index < -0.39 is 0 Å². The molecule has 148 valence electrons. The first-order valence-corrected chi connectivity index (χ1v) is 9.91. The lowest BCUT2D eigenvalue weighted by atomic mass is 10.2. The molecular weight excluding hydrogens is 368 g/mol. The zero-order valence-electron chi connectivity index (χ0n) is 16.0. The molecule has 8 heteroatoms. The van der Waals surface area contributed by atoms with E-state index in [1.807, 2.05) is 6.07 Å². The average Bonchev–Trinajstić information content (AvgIpc) is 3.51. The zero-order valence-corrected chi connectivity index (χ0v) is 16.0. The van der Waals surface area contributed by atoms with Crippen molar-refractivity contribution in [3.8, 4) is 0 Å². The SMILES string of the molecule is O=C(Nc1cnc(N2CCN(c3ccccc3)CC2)nc1)c1cc(C2CC2)on1. The Kier molecular flexibility index (Phi) is 4.59. The second-order valence-corrected chi connectivity index (χ2v) is 7.42. The van der Waals surface area contributed by atoms with Crippen LogP contribution in [0.3, 0.4) is 0 Å². The van der Waals surface area contributed by atoms with E-state index in [1.54, 1.807) is 18.5 Å². The van der Waals surface area contributed by atoms with Crippen LogP contribution in [-0.2, 0) is 0 Å². The van der Waals surface area contributed by atoms with Gasteiger partial charge < -0.3 is 19.6 Å². The fourth-order valence-electron chi connectivity index (χ4n) is 3.50. The van der Waals surface area contributed by atoms with Crippen molar-refractivity contribution in [1.29, 1.82) is 0 Å². The minimum absolute atomic E-state index is 0.285. The molecule has 5 rings (SSSR count). The quantitative estimate of drug-likeness (QED) is 0.717. The Bertz CT molecular complexity index is 976. The summed E-state index contributed by atoms with van der Waals surface area (Å²) in [5.41, 5.74) is 2.06. The number of benzene rings is 1. The molecule has 1 N–H and O–H groups in total. The summed E-state index contributed by atoms with van der Waals surface area (Å²) in [7, 11) is 0. The van der Waals surface area contributed by atoms with Gasteiger partial charge in [-0.05, 0) is 25.0 Å². The van der Waals surface area contributed by atoms with Crippen molar-refractivity contribution in [2.75, 3.05) is 41.3 Å². The molecule has 1 amide bonds. The molecule has 0 bridgehead atoms. The van der Waals surface area contributed by atoms with E-state index in [2.05, 4.69) is 54.5 Å². The van der Waals surface area contributed by atoms with Gasteiger partial charge in [-0.25, -0.2) is 9.97 Å². The highest BCUT2D eigenvalue weighted by Gasteiger charge is 2.29. The minimum Gasteiger partial charge on any atom is -0.368 e. The maximum absolute atomic E-state index is 12.3.